The maximum absolute atomic E-state index is 11.8. The van der Waals surface area contributed by atoms with E-state index in [0.717, 1.165) is 16.3 Å². The van der Waals surface area contributed by atoms with Crippen molar-refractivity contribution in [2.45, 2.75) is 18.2 Å². The van der Waals surface area contributed by atoms with E-state index in [-0.39, 0.29) is 12.5 Å². The first-order valence-corrected chi connectivity index (χ1v) is 9.80. The second-order valence-corrected chi connectivity index (χ2v) is 8.19. The van der Waals surface area contributed by atoms with Crippen LogP contribution in [0.15, 0.2) is 35.5 Å². The van der Waals surface area contributed by atoms with Crippen LogP contribution in [0.2, 0.25) is 0 Å². The summed E-state index contributed by atoms with van der Waals surface area (Å²) >= 11 is 0. The van der Waals surface area contributed by atoms with Gasteiger partial charge in [-0.1, -0.05) is 12.1 Å². The Morgan fingerprint density at radius 2 is 2.04 bits per heavy atom. The number of amides is 1. The highest BCUT2D eigenvalue weighted by atomic mass is 32.3. The molecule has 1 fully saturated rings. The Bertz CT molecular complexity index is 778. The number of benzene rings is 1. The van der Waals surface area contributed by atoms with Gasteiger partial charge in [-0.05, 0) is 25.0 Å². The third-order valence-corrected chi connectivity index (χ3v) is 6.59. The van der Waals surface area contributed by atoms with Crippen LogP contribution in [-0.4, -0.2) is 61.9 Å². The third-order valence-electron chi connectivity index (χ3n) is 4.57. The summed E-state index contributed by atoms with van der Waals surface area (Å²) in [6.07, 6.45) is 4.13. The molecule has 7 nitrogen and oxygen atoms in total. The molecule has 0 atom stereocenters. The highest BCUT2D eigenvalue weighted by Gasteiger charge is 2.30. The van der Waals surface area contributed by atoms with Gasteiger partial charge in [0, 0.05) is 49.3 Å². The molecule has 0 saturated carbocycles. The number of carbonyl (C=O) groups is 1. The number of hydrogen-bond acceptors (Lipinski definition) is 6. The smallest absolute Gasteiger partial charge is 0.236 e. The minimum atomic E-state index is -3.15. The Labute approximate surface area is 148 Å². The van der Waals surface area contributed by atoms with E-state index in [1.165, 1.54) is 0 Å². The van der Waals surface area contributed by atoms with Gasteiger partial charge in [0.2, 0.25) is 5.91 Å². The monoisotopic (exact) mass is 364 g/mol. The average molecular weight is 364 g/mol. The van der Waals surface area contributed by atoms with E-state index in [2.05, 4.69) is 4.98 Å². The number of aromatic nitrogens is 1. The molecule has 1 aliphatic rings. The van der Waals surface area contributed by atoms with Crippen molar-refractivity contribution < 1.29 is 13.9 Å². The van der Waals surface area contributed by atoms with Gasteiger partial charge in [0.05, 0.1) is 11.4 Å². The summed E-state index contributed by atoms with van der Waals surface area (Å²) in [6, 6.07) is 5.49. The summed E-state index contributed by atoms with van der Waals surface area (Å²) in [5.74, 6) is -0.106. The number of fused-ring (bicyclic) bond motifs is 1. The molecule has 0 unspecified atom stereocenters. The summed E-state index contributed by atoms with van der Waals surface area (Å²) in [7, 11) is -3.15. The normalized spacial score (nSPS) is 17.5. The average Bonchev–Trinajstić information content (AvgIpc) is 2.87. The molecule has 4 N–H and O–H groups in total. The van der Waals surface area contributed by atoms with E-state index in [1.54, 1.807) is 27.7 Å². The van der Waals surface area contributed by atoms with Gasteiger partial charge in [0.1, 0.15) is 0 Å². The molecule has 1 amide bonds. The molecule has 2 heterocycles. The van der Waals surface area contributed by atoms with Crippen LogP contribution in [0.5, 0.6) is 0 Å². The van der Waals surface area contributed by atoms with Crippen LogP contribution >= 0.6 is 10.8 Å². The lowest BCUT2D eigenvalue weighted by Gasteiger charge is -2.43. The fourth-order valence-corrected chi connectivity index (χ4v) is 5.08. The second-order valence-electron chi connectivity index (χ2n) is 6.20. The van der Waals surface area contributed by atoms with Crippen molar-refractivity contribution in [2.24, 2.45) is 5.73 Å². The van der Waals surface area contributed by atoms with Gasteiger partial charge >= 0.3 is 0 Å². The SMILES string of the molecule is Cc1cncc2cccc(S(O)(O)N3CCCN(C(=O)CN)CC3)c12. The van der Waals surface area contributed by atoms with Gasteiger partial charge in [0.15, 0.2) is 0 Å². The molecular formula is C17H24N4O3S. The summed E-state index contributed by atoms with van der Waals surface area (Å²) in [5, 5.41) is 1.71. The number of rotatable bonds is 3. The van der Waals surface area contributed by atoms with Crippen molar-refractivity contribution >= 4 is 27.5 Å². The number of nitrogens with two attached hydrogens (primary N) is 1. The molecule has 0 radical (unpaired) electrons. The first-order valence-electron chi connectivity index (χ1n) is 8.29. The Balaban J connectivity index is 1.93. The molecule has 0 aliphatic carbocycles. The zero-order valence-corrected chi connectivity index (χ0v) is 15.1. The van der Waals surface area contributed by atoms with Crippen LogP contribution < -0.4 is 5.73 Å². The third kappa shape index (κ3) is 3.49. The largest absolute Gasteiger partial charge is 0.340 e. The number of aryl methyl sites for hydroxylation is 1. The van der Waals surface area contributed by atoms with Gasteiger partial charge < -0.3 is 10.6 Å². The molecular weight excluding hydrogens is 340 g/mol. The van der Waals surface area contributed by atoms with Crippen LogP contribution in [0.4, 0.5) is 0 Å². The van der Waals surface area contributed by atoms with Crippen molar-refractivity contribution in [3.8, 4) is 0 Å². The quantitative estimate of drug-likeness (QED) is 0.770. The highest BCUT2D eigenvalue weighted by Crippen LogP contribution is 2.54. The van der Waals surface area contributed by atoms with Crippen LogP contribution in [-0.2, 0) is 4.79 Å². The van der Waals surface area contributed by atoms with Crippen molar-refractivity contribution in [1.82, 2.24) is 14.2 Å². The standard InChI is InChI=1S/C17H24N4O3S/c1-13-11-19-12-14-4-2-5-15(17(13)14)25(23,24)21-7-3-6-20(8-9-21)16(22)10-18/h2,4-5,11-12,23-24H,3,6-10,18H2,1H3. The fraction of sp³-hybridized carbons (Fsp3) is 0.412. The lowest BCUT2D eigenvalue weighted by molar-refractivity contribution is -0.129. The van der Waals surface area contributed by atoms with Crippen LogP contribution in [0.25, 0.3) is 10.8 Å². The van der Waals surface area contributed by atoms with Crippen LogP contribution in [0.1, 0.15) is 12.0 Å². The molecule has 1 aromatic heterocycles. The maximum Gasteiger partial charge on any atom is 0.236 e. The summed E-state index contributed by atoms with van der Waals surface area (Å²) in [4.78, 5) is 18.2. The molecule has 1 saturated heterocycles. The Morgan fingerprint density at radius 3 is 2.80 bits per heavy atom. The number of nitrogens with zero attached hydrogens (tertiary/aromatic N) is 3. The molecule has 3 rings (SSSR count). The van der Waals surface area contributed by atoms with Crippen molar-refractivity contribution in [2.75, 3.05) is 32.7 Å². The summed E-state index contributed by atoms with van der Waals surface area (Å²) in [5.41, 5.74) is 6.35. The van der Waals surface area contributed by atoms with Gasteiger partial charge in [-0.2, -0.15) is 0 Å². The van der Waals surface area contributed by atoms with E-state index < -0.39 is 10.8 Å². The second kappa shape index (κ2) is 7.27. The minimum Gasteiger partial charge on any atom is -0.340 e. The van der Waals surface area contributed by atoms with Gasteiger partial charge in [-0.3, -0.25) is 18.9 Å². The Kier molecular flexibility index (Phi) is 5.26. The lowest BCUT2D eigenvalue weighted by atomic mass is 10.1. The zero-order valence-electron chi connectivity index (χ0n) is 14.3. The van der Waals surface area contributed by atoms with Crippen LogP contribution in [0.3, 0.4) is 0 Å². The minimum absolute atomic E-state index is 0.0221. The Hall–Kier alpha value is -1.71. The molecule has 136 valence electrons. The van der Waals surface area contributed by atoms with E-state index in [9.17, 15) is 13.9 Å². The van der Waals surface area contributed by atoms with Crippen molar-refractivity contribution in [3.63, 3.8) is 0 Å². The lowest BCUT2D eigenvalue weighted by Crippen LogP contribution is -2.39. The molecule has 25 heavy (non-hydrogen) atoms. The fourth-order valence-electron chi connectivity index (χ4n) is 3.27. The number of hydrogen-bond donors (Lipinski definition) is 3. The van der Waals surface area contributed by atoms with E-state index in [0.29, 0.717) is 37.5 Å². The first kappa shape index (κ1) is 18.1. The number of carbonyl (C=O) groups excluding carboxylic acids is 1. The first-order chi connectivity index (χ1) is 11.9. The predicted octanol–water partition coefficient (Wildman–Crippen LogP) is 2.06. The molecule has 1 aliphatic heterocycles. The van der Waals surface area contributed by atoms with Crippen molar-refractivity contribution in [3.05, 3.63) is 36.2 Å². The summed E-state index contributed by atoms with van der Waals surface area (Å²) < 4.78 is 23.8. The molecule has 8 heteroatoms. The van der Waals surface area contributed by atoms with Crippen molar-refractivity contribution in [1.29, 1.82) is 0 Å². The predicted molar refractivity (Wildman–Crippen MR) is 99.4 cm³/mol. The van der Waals surface area contributed by atoms with E-state index >= 15 is 0 Å². The van der Waals surface area contributed by atoms with Crippen LogP contribution in [0, 0.1) is 6.92 Å². The molecule has 0 bridgehead atoms. The van der Waals surface area contributed by atoms with E-state index in [1.807, 2.05) is 19.1 Å². The molecule has 1 aromatic carbocycles. The van der Waals surface area contributed by atoms with E-state index in [4.69, 9.17) is 5.73 Å². The van der Waals surface area contributed by atoms with Gasteiger partial charge in [-0.25, -0.2) is 4.31 Å². The Morgan fingerprint density at radius 1 is 1.24 bits per heavy atom. The van der Waals surface area contributed by atoms with Gasteiger partial charge in [-0.15, -0.1) is 10.8 Å². The molecule has 0 spiro atoms. The summed E-state index contributed by atoms with van der Waals surface area (Å²) in [6.45, 7) is 3.83. The highest BCUT2D eigenvalue weighted by molar-refractivity contribution is 8.22. The number of pyridine rings is 1. The topological polar surface area (TPSA) is 103 Å². The maximum atomic E-state index is 11.8. The molecule has 2 aromatic rings. The zero-order chi connectivity index (χ0) is 18.0. The van der Waals surface area contributed by atoms with Gasteiger partial charge in [0.25, 0.3) is 0 Å².